The molecule has 3 N–H and O–H groups in total. The van der Waals surface area contributed by atoms with Crippen molar-refractivity contribution in [3.63, 3.8) is 0 Å². The van der Waals surface area contributed by atoms with Gasteiger partial charge in [-0.3, -0.25) is 10.7 Å². The largest absolute Gasteiger partial charge is 0.312 e. The molecule has 15 heavy (non-hydrogen) atoms. The maximum atomic E-state index is 5.40. The Labute approximate surface area is 92.6 Å². The van der Waals surface area contributed by atoms with Gasteiger partial charge in [0.1, 0.15) is 51.9 Å². The summed E-state index contributed by atoms with van der Waals surface area (Å²) in [6.07, 6.45) is 1.58. The Balaban J connectivity index is 1.97. The first-order valence-electron chi connectivity index (χ1n) is 6.06. The zero-order valence-corrected chi connectivity index (χ0v) is 10.1. The molecule has 3 saturated heterocycles. The van der Waals surface area contributed by atoms with Gasteiger partial charge in [0.2, 0.25) is 6.34 Å². The van der Waals surface area contributed by atoms with Gasteiger partial charge in [-0.1, -0.05) is 0 Å². The highest BCUT2D eigenvalue weighted by atomic mass is 15.5. The molecular formula is C11H25N4+3. The monoisotopic (exact) mass is 213 g/mol. The van der Waals surface area contributed by atoms with Crippen molar-refractivity contribution in [2.24, 2.45) is 5.73 Å². The third-order valence-corrected chi connectivity index (χ3v) is 4.38. The van der Waals surface area contributed by atoms with Crippen molar-refractivity contribution in [3.05, 3.63) is 0 Å². The Morgan fingerprint density at radius 2 is 1.73 bits per heavy atom. The number of fused-ring (bicyclic) bond motifs is 3. The Morgan fingerprint density at radius 3 is 2.20 bits per heavy atom. The predicted molar refractivity (Wildman–Crippen MR) is 61.2 cm³/mol. The Morgan fingerprint density at radius 1 is 1.20 bits per heavy atom. The fraction of sp³-hybridized carbons (Fsp3) is 0.909. The lowest BCUT2D eigenvalue weighted by molar-refractivity contribution is -1.08. The molecule has 86 valence electrons. The van der Waals surface area contributed by atoms with Crippen LogP contribution in [0.25, 0.3) is 0 Å². The third-order valence-electron chi connectivity index (χ3n) is 4.38. The first kappa shape index (κ1) is 10.9. The molecule has 1 atom stereocenters. The van der Waals surface area contributed by atoms with Gasteiger partial charge in [-0.25, -0.2) is 0 Å². The van der Waals surface area contributed by atoms with Crippen molar-refractivity contribution in [1.82, 2.24) is 0 Å². The summed E-state index contributed by atoms with van der Waals surface area (Å²) in [5.74, 6) is 0. The summed E-state index contributed by atoms with van der Waals surface area (Å²) in [6.45, 7) is 11.6. The van der Waals surface area contributed by atoms with Crippen LogP contribution < -0.4 is 10.7 Å². The summed E-state index contributed by atoms with van der Waals surface area (Å²) in [5.41, 5.74) is 5.40. The number of hydrogen-bond acceptors (Lipinski definition) is 0. The lowest BCUT2D eigenvalue weighted by atomic mass is 10.1. The van der Waals surface area contributed by atoms with Crippen LogP contribution in [-0.2, 0) is 0 Å². The summed E-state index contributed by atoms with van der Waals surface area (Å²) >= 11 is 0. The second kappa shape index (κ2) is 3.76. The smallest absolute Gasteiger partial charge is 0.228 e. The van der Waals surface area contributed by atoms with Gasteiger partial charge in [-0.15, -0.1) is 0 Å². The number of nitrogens with one attached hydrogen (secondary N) is 1. The van der Waals surface area contributed by atoms with E-state index in [0.29, 0.717) is 6.04 Å². The number of nitrogens with two attached hydrogens (primary N) is 1. The molecule has 0 spiro atoms. The highest BCUT2D eigenvalue weighted by Gasteiger charge is 2.47. The van der Waals surface area contributed by atoms with Crippen LogP contribution in [-0.4, -0.2) is 74.2 Å². The maximum Gasteiger partial charge on any atom is 0.228 e. The van der Waals surface area contributed by atoms with Gasteiger partial charge in [-0.05, 0) is 6.92 Å². The summed E-state index contributed by atoms with van der Waals surface area (Å²) < 4.78 is 2.63. The van der Waals surface area contributed by atoms with Crippen LogP contribution in [0, 0.1) is 0 Å². The van der Waals surface area contributed by atoms with Gasteiger partial charge in [0.05, 0.1) is 7.05 Å². The number of quaternary nitrogens is 2. The van der Waals surface area contributed by atoms with Crippen LogP contribution >= 0.6 is 0 Å². The van der Waals surface area contributed by atoms with Crippen LogP contribution in [0.3, 0.4) is 0 Å². The number of rotatable bonds is 3. The predicted octanol–water partition coefficient (Wildman–Crippen LogP) is -2.27. The fourth-order valence-electron chi connectivity index (χ4n) is 3.10. The van der Waals surface area contributed by atoms with Crippen molar-refractivity contribution in [1.29, 1.82) is 0 Å². The molecule has 0 radical (unpaired) electrons. The number of hydrogen-bond donors (Lipinski definition) is 2. The first-order chi connectivity index (χ1) is 7.08. The molecule has 4 nitrogen and oxygen atoms in total. The van der Waals surface area contributed by atoms with Crippen molar-refractivity contribution >= 4 is 6.34 Å². The summed E-state index contributed by atoms with van der Waals surface area (Å²) in [4.78, 5) is 3.21. The van der Waals surface area contributed by atoms with E-state index in [1.165, 1.54) is 54.8 Å². The quantitative estimate of drug-likeness (QED) is 0.310. The van der Waals surface area contributed by atoms with Gasteiger partial charge in [0.25, 0.3) is 0 Å². The van der Waals surface area contributed by atoms with Crippen molar-refractivity contribution < 1.29 is 14.0 Å². The SMILES string of the molecule is C[C@H](C[N+]12CC[N+](C)(CC1)CC2)[NH+]=CN. The van der Waals surface area contributed by atoms with E-state index in [1.54, 1.807) is 6.34 Å². The minimum atomic E-state index is 0.505. The van der Waals surface area contributed by atoms with Gasteiger partial charge >= 0.3 is 0 Å². The van der Waals surface area contributed by atoms with Crippen LogP contribution in [0.2, 0.25) is 0 Å². The number of nitrogens with zero attached hydrogens (tertiary/aromatic N) is 2. The molecule has 3 rings (SSSR count). The molecule has 0 amide bonds. The second-order valence-electron chi connectivity index (χ2n) is 5.72. The first-order valence-corrected chi connectivity index (χ1v) is 6.06. The minimum absolute atomic E-state index is 0.505. The summed E-state index contributed by atoms with van der Waals surface area (Å²) in [6, 6.07) is 0.505. The normalized spacial score (nSPS) is 42.3. The van der Waals surface area contributed by atoms with E-state index in [2.05, 4.69) is 19.0 Å². The van der Waals surface area contributed by atoms with E-state index >= 15 is 0 Å². The number of piperazine rings is 3. The zero-order valence-electron chi connectivity index (χ0n) is 10.1. The van der Waals surface area contributed by atoms with Crippen molar-refractivity contribution in [3.8, 4) is 0 Å². The molecule has 3 aliphatic heterocycles. The van der Waals surface area contributed by atoms with Crippen LogP contribution in [0.4, 0.5) is 0 Å². The molecule has 4 heteroatoms. The Kier molecular flexibility index (Phi) is 2.73. The van der Waals surface area contributed by atoms with Crippen molar-refractivity contribution in [2.75, 3.05) is 52.9 Å². The van der Waals surface area contributed by atoms with Crippen LogP contribution in [0.1, 0.15) is 6.92 Å². The molecule has 0 aromatic rings. The Hall–Kier alpha value is -0.610. The van der Waals surface area contributed by atoms with E-state index in [-0.39, 0.29) is 0 Å². The molecule has 3 heterocycles. The summed E-state index contributed by atoms with van der Waals surface area (Å²) in [7, 11) is 2.41. The standard InChI is InChI=1S/C11H24N4/c1-11(13-10-12)9-15-6-3-14(2,4-7-15)5-8-15/h10-11H,3-9H2,1-2H3,(H2,12,13)/q+2/p+1/t11-,14?,15?/m1/s1. The molecule has 3 fully saturated rings. The van der Waals surface area contributed by atoms with E-state index in [1.807, 2.05) is 0 Å². The molecule has 3 aliphatic rings. The van der Waals surface area contributed by atoms with E-state index in [9.17, 15) is 0 Å². The van der Waals surface area contributed by atoms with Gasteiger partial charge < -0.3 is 8.97 Å². The van der Waals surface area contributed by atoms with Gasteiger partial charge in [0, 0.05) is 0 Å². The molecule has 0 aromatic heterocycles. The second-order valence-corrected chi connectivity index (χ2v) is 5.72. The highest BCUT2D eigenvalue weighted by molar-refractivity contribution is 5.43. The topological polar surface area (TPSA) is 40.0 Å². The molecule has 0 saturated carbocycles. The maximum absolute atomic E-state index is 5.40. The molecule has 2 bridgehead atoms. The zero-order chi connectivity index (χ0) is 10.9. The third kappa shape index (κ3) is 2.16. The molecule has 0 unspecified atom stereocenters. The van der Waals surface area contributed by atoms with Gasteiger partial charge in [0.15, 0.2) is 0 Å². The van der Waals surface area contributed by atoms with E-state index < -0.39 is 0 Å². The van der Waals surface area contributed by atoms with E-state index in [4.69, 9.17) is 5.73 Å². The molecule has 0 aromatic carbocycles. The average Bonchev–Trinajstić information content (AvgIpc) is 2.21. The van der Waals surface area contributed by atoms with Crippen LogP contribution in [0.15, 0.2) is 0 Å². The summed E-state index contributed by atoms with van der Waals surface area (Å²) in [5, 5.41) is 0. The average molecular weight is 213 g/mol. The van der Waals surface area contributed by atoms with Crippen LogP contribution in [0.5, 0.6) is 0 Å². The van der Waals surface area contributed by atoms with Crippen molar-refractivity contribution in [2.45, 2.75) is 13.0 Å². The number of likely N-dealkylation sites (N-methyl/N-ethyl adjacent to an activating group) is 1. The van der Waals surface area contributed by atoms with E-state index in [0.717, 1.165) is 0 Å². The highest BCUT2D eigenvalue weighted by Crippen LogP contribution is 2.24. The Bertz CT molecular complexity index is 237. The van der Waals surface area contributed by atoms with Gasteiger partial charge in [-0.2, -0.15) is 0 Å². The fourth-order valence-corrected chi connectivity index (χ4v) is 3.10. The lowest BCUT2D eigenvalue weighted by Crippen LogP contribution is -2.83. The molecule has 0 aliphatic carbocycles. The molecular weight excluding hydrogens is 188 g/mol. The minimum Gasteiger partial charge on any atom is -0.312 e. The lowest BCUT2D eigenvalue weighted by Gasteiger charge is -2.54.